The van der Waals surface area contributed by atoms with Crippen LogP contribution in [0.4, 0.5) is 0 Å². The summed E-state index contributed by atoms with van der Waals surface area (Å²) in [5, 5.41) is 5.98. The monoisotopic (exact) mass is 263 g/mol. The number of rotatable bonds is 3. The van der Waals surface area contributed by atoms with Gasteiger partial charge in [0, 0.05) is 18.0 Å². The van der Waals surface area contributed by atoms with Gasteiger partial charge in [0.25, 0.3) is 0 Å². The molecule has 0 bridgehead atoms. The number of hydrogen-bond acceptors (Lipinski definition) is 2. The molecule has 0 radical (unpaired) electrons. The zero-order chi connectivity index (χ0) is 10.7. The summed E-state index contributed by atoms with van der Waals surface area (Å²) in [5.41, 5.74) is 1.22. The highest BCUT2D eigenvalue weighted by molar-refractivity contribution is 7.14. The van der Waals surface area contributed by atoms with E-state index in [-0.39, 0.29) is 0 Å². The Kier molecular flexibility index (Phi) is 4.32. The summed E-state index contributed by atoms with van der Waals surface area (Å²) in [7, 11) is 0. The molecule has 4 heteroatoms. The molecule has 0 spiro atoms. The lowest BCUT2D eigenvalue weighted by Crippen LogP contribution is -2.32. The summed E-state index contributed by atoms with van der Waals surface area (Å²) in [5.74, 6) is 0. The van der Waals surface area contributed by atoms with Crippen molar-refractivity contribution >= 4 is 34.5 Å². The van der Waals surface area contributed by atoms with E-state index < -0.39 is 0 Å². The normalized spacial score (nSPS) is 26.8. The van der Waals surface area contributed by atoms with Gasteiger partial charge in [-0.25, -0.2) is 0 Å². The summed E-state index contributed by atoms with van der Waals surface area (Å²) < 4.78 is 0.911. The average molecular weight is 264 g/mol. The van der Waals surface area contributed by atoms with Crippen LogP contribution in [0.5, 0.6) is 0 Å². The lowest BCUT2D eigenvalue weighted by molar-refractivity contribution is 0.376. The van der Waals surface area contributed by atoms with Crippen molar-refractivity contribution in [3.63, 3.8) is 0 Å². The Balaban J connectivity index is 1.77. The van der Waals surface area contributed by atoms with E-state index in [4.69, 9.17) is 23.2 Å². The summed E-state index contributed by atoms with van der Waals surface area (Å²) in [6.07, 6.45) is 4.65. The second-order valence-electron chi connectivity index (χ2n) is 4.05. The van der Waals surface area contributed by atoms with Gasteiger partial charge in [0.05, 0.1) is 4.34 Å². The third-order valence-corrected chi connectivity index (χ3v) is 4.62. The second-order valence-corrected chi connectivity index (χ2v) is 6.18. The molecule has 1 aliphatic rings. The minimum Gasteiger partial charge on any atom is -0.310 e. The van der Waals surface area contributed by atoms with Crippen LogP contribution in [0.3, 0.4) is 0 Å². The summed E-state index contributed by atoms with van der Waals surface area (Å²) >= 11 is 13.7. The SMILES string of the molecule is Clc1sccc1CNC1CCC(Cl)CC1. The standard InChI is InChI=1S/C11H15Cl2NS/c12-9-1-3-10(4-2-9)14-7-8-5-6-15-11(8)13/h5-6,9-10,14H,1-4,7H2. The van der Waals surface area contributed by atoms with Crippen molar-refractivity contribution < 1.29 is 0 Å². The topological polar surface area (TPSA) is 12.0 Å². The number of nitrogens with one attached hydrogen (secondary N) is 1. The molecule has 1 aromatic rings. The van der Waals surface area contributed by atoms with Gasteiger partial charge >= 0.3 is 0 Å². The first-order valence-electron chi connectivity index (χ1n) is 5.35. The maximum absolute atomic E-state index is 6.06. The Morgan fingerprint density at radius 1 is 1.33 bits per heavy atom. The van der Waals surface area contributed by atoms with Crippen molar-refractivity contribution in [1.82, 2.24) is 5.32 Å². The van der Waals surface area contributed by atoms with Crippen LogP contribution in [0.15, 0.2) is 11.4 Å². The van der Waals surface area contributed by atoms with E-state index in [0.717, 1.165) is 23.7 Å². The van der Waals surface area contributed by atoms with Gasteiger partial charge < -0.3 is 5.32 Å². The van der Waals surface area contributed by atoms with E-state index in [1.165, 1.54) is 18.4 Å². The van der Waals surface area contributed by atoms with E-state index >= 15 is 0 Å². The molecule has 1 aromatic heterocycles. The quantitative estimate of drug-likeness (QED) is 0.812. The molecule has 1 aliphatic carbocycles. The van der Waals surface area contributed by atoms with E-state index in [9.17, 15) is 0 Å². The minimum absolute atomic E-state index is 0.396. The molecule has 0 saturated heterocycles. The van der Waals surface area contributed by atoms with Crippen molar-refractivity contribution in [2.24, 2.45) is 0 Å². The molecule has 2 rings (SSSR count). The van der Waals surface area contributed by atoms with Crippen LogP contribution in [0.25, 0.3) is 0 Å². The van der Waals surface area contributed by atoms with Crippen LogP contribution >= 0.6 is 34.5 Å². The highest BCUT2D eigenvalue weighted by Crippen LogP contribution is 2.25. The second kappa shape index (κ2) is 5.53. The van der Waals surface area contributed by atoms with Gasteiger partial charge in [0.1, 0.15) is 0 Å². The van der Waals surface area contributed by atoms with Crippen LogP contribution in [-0.2, 0) is 6.54 Å². The Bertz CT molecular complexity index is 305. The zero-order valence-corrected chi connectivity index (χ0v) is 10.8. The first kappa shape index (κ1) is 11.7. The van der Waals surface area contributed by atoms with Gasteiger partial charge in [-0.1, -0.05) is 11.6 Å². The number of hydrogen-bond donors (Lipinski definition) is 1. The molecule has 0 amide bonds. The summed E-state index contributed by atoms with van der Waals surface area (Å²) in [6, 6.07) is 2.71. The Morgan fingerprint density at radius 3 is 2.67 bits per heavy atom. The molecule has 0 atom stereocenters. The Hall–Kier alpha value is 0.240. The minimum atomic E-state index is 0.396. The Labute approximate surface area is 105 Å². The first-order chi connectivity index (χ1) is 7.25. The van der Waals surface area contributed by atoms with Crippen LogP contribution in [0.1, 0.15) is 31.2 Å². The first-order valence-corrected chi connectivity index (χ1v) is 7.04. The van der Waals surface area contributed by atoms with Gasteiger partial charge in [-0.3, -0.25) is 0 Å². The number of halogens is 2. The molecule has 0 unspecified atom stereocenters. The Morgan fingerprint density at radius 2 is 2.07 bits per heavy atom. The molecule has 1 saturated carbocycles. The van der Waals surface area contributed by atoms with E-state index in [1.807, 2.05) is 5.38 Å². The maximum Gasteiger partial charge on any atom is 0.0973 e. The fraction of sp³-hybridized carbons (Fsp3) is 0.636. The highest BCUT2D eigenvalue weighted by Gasteiger charge is 2.18. The predicted molar refractivity (Wildman–Crippen MR) is 68.1 cm³/mol. The van der Waals surface area contributed by atoms with Crippen molar-refractivity contribution in [3.8, 4) is 0 Å². The molecule has 1 heterocycles. The van der Waals surface area contributed by atoms with Gasteiger partial charge in [-0.15, -0.1) is 22.9 Å². The maximum atomic E-state index is 6.06. The molecule has 0 aliphatic heterocycles. The van der Waals surface area contributed by atoms with Gasteiger partial charge in [0.2, 0.25) is 0 Å². The highest BCUT2D eigenvalue weighted by atomic mass is 35.5. The third kappa shape index (κ3) is 3.35. The number of thiophene rings is 1. The van der Waals surface area contributed by atoms with Crippen LogP contribution < -0.4 is 5.32 Å². The van der Waals surface area contributed by atoms with E-state index in [1.54, 1.807) is 11.3 Å². The smallest absolute Gasteiger partial charge is 0.0973 e. The molecular weight excluding hydrogens is 249 g/mol. The largest absolute Gasteiger partial charge is 0.310 e. The van der Waals surface area contributed by atoms with Crippen molar-refractivity contribution in [2.75, 3.05) is 0 Å². The van der Waals surface area contributed by atoms with Gasteiger partial charge in [0.15, 0.2) is 0 Å². The number of alkyl halides is 1. The van der Waals surface area contributed by atoms with Crippen molar-refractivity contribution in [1.29, 1.82) is 0 Å². The fourth-order valence-electron chi connectivity index (χ4n) is 1.96. The van der Waals surface area contributed by atoms with Crippen LogP contribution in [0.2, 0.25) is 4.34 Å². The average Bonchev–Trinajstić information content (AvgIpc) is 2.63. The molecule has 1 nitrogen and oxygen atoms in total. The lowest BCUT2D eigenvalue weighted by Gasteiger charge is -2.25. The van der Waals surface area contributed by atoms with Crippen molar-refractivity contribution in [2.45, 2.75) is 43.6 Å². The molecule has 1 fully saturated rings. The molecule has 15 heavy (non-hydrogen) atoms. The van der Waals surface area contributed by atoms with E-state index in [2.05, 4.69) is 11.4 Å². The fourth-order valence-corrected chi connectivity index (χ4v) is 3.14. The van der Waals surface area contributed by atoms with Crippen molar-refractivity contribution in [3.05, 3.63) is 21.3 Å². The molecule has 84 valence electrons. The predicted octanol–water partition coefficient (Wildman–Crippen LogP) is 4.04. The third-order valence-electron chi connectivity index (χ3n) is 2.93. The molecular formula is C11H15Cl2NS. The molecule has 1 N–H and O–H groups in total. The van der Waals surface area contributed by atoms with Gasteiger partial charge in [-0.05, 0) is 42.7 Å². The summed E-state index contributed by atoms with van der Waals surface area (Å²) in [4.78, 5) is 0. The van der Waals surface area contributed by atoms with Crippen LogP contribution in [0, 0.1) is 0 Å². The summed E-state index contributed by atoms with van der Waals surface area (Å²) in [6.45, 7) is 0.889. The van der Waals surface area contributed by atoms with E-state index in [0.29, 0.717) is 11.4 Å². The van der Waals surface area contributed by atoms with Gasteiger partial charge in [-0.2, -0.15) is 0 Å². The lowest BCUT2D eigenvalue weighted by atomic mass is 9.95. The molecule has 0 aromatic carbocycles. The zero-order valence-electron chi connectivity index (χ0n) is 8.51. The van der Waals surface area contributed by atoms with Crippen LogP contribution in [-0.4, -0.2) is 11.4 Å².